The molecule has 1 aromatic carbocycles. The topological polar surface area (TPSA) is 64.4 Å². The van der Waals surface area contributed by atoms with Crippen molar-refractivity contribution in [2.75, 3.05) is 6.61 Å². The first-order chi connectivity index (χ1) is 9.58. The Labute approximate surface area is 120 Å². The van der Waals surface area contributed by atoms with Crippen molar-refractivity contribution >= 4 is 17.6 Å². The van der Waals surface area contributed by atoms with Gasteiger partial charge in [0.05, 0.1) is 24.6 Å². The zero-order chi connectivity index (χ0) is 14.3. The van der Waals surface area contributed by atoms with Crippen LogP contribution < -0.4 is 0 Å². The van der Waals surface area contributed by atoms with Gasteiger partial charge in [-0.3, -0.25) is 0 Å². The van der Waals surface area contributed by atoms with E-state index in [1.54, 1.807) is 16.8 Å². The van der Waals surface area contributed by atoms with Crippen molar-refractivity contribution in [1.29, 1.82) is 0 Å². The number of benzene rings is 1. The molecule has 0 amide bonds. The van der Waals surface area contributed by atoms with E-state index in [9.17, 15) is 9.90 Å². The molecule has 0 spiro atoms. The molecule has 104 valence electrons. The molecule has 0 bridgehead atoms. The van der Waals surface area contributed by atoms with Gasteiger partial charge in [-0.25, -0.2) is 9.48 Å². The Balaban J connectivity index is 2.23. The highest BCUT2D eigenvalue weighted by molar-refractivity contribution is 6.30. The van der Waals surface area contributed by atoms with Crippen LogP contribution in [0.5, 0.6) is 0 Å². The van der Waals surface area contributed by atoms with Crippen LogP contribution in [0, 0.1) is 6.92 Å². The number of halogens is 1. The van der Waals surface area contributed by atoms with Gasteiger partial charge in [-0.05, 0) is 24.6 Å². The van der Waals surface area contributed by atoms with Crippen molar-refractivity contribution in [2.45, 2.75) is 20.0 Å². The van der Waals surface area contributed by atoms with Crippen LogP contribution in [0.2, 0.25) is 5.02 Å². The van der Waals surface area contributed by atoms with Crippen molar-refractivity contribution in [3.8, 4) is 5.69 Å². The summed E-state index contributed by atoms with van der Waals surface area (Å²) in [5.74, 6) is -1.04. The van der Waals surface area contributed by atoms with Crippen molar-refractivity contribution < 1.29 is 14.6 Å². The quantitative estimate of drug-likeness (QED) is 0.924. The number of ether oxygens (including phenoxy) is 1. The van der Waals surface area contributed by atoms with Gasteiger partial charge >= 0.3 is 5.97 Å². The van der Waals surface area contributed by atoms with Crippen molar-refractivity contribution in [3.05, 3.63) is 45.7 Å². The molecule has 0 fully saturated rings. The minimum atomic E-state index is -1.04. The highest BCUT2D eigenvalue weighted by Crippen LogP contribution is 2.27. The Kier molecular flexibility index (Phi) is 3.23. The molecule has 6 heteroatoms. The second-order valence-electron chi connectivity index (χ2n) is 4.72. The van der Waals surface area contributed by atoms with Gasteiger partial charge in [0.1, 0.15) is 0 Å². The van der Waals surface area contributed by atoms with Crippen LogP contribution in [0.4, 0.5) is 0 Å². The van der Waals surface area contributed by atoms with E-state index >= 15 is 0 Å². The average Bonchev–Trinajstić information content (AvgIpc) is 2.81. The molecule has 5 nitrogen and oxygen atoms in total. The summed E-state index contributed by atoms with van der Waals surface area (Å²) in [6, 6.07) is 5.49. The van der Waals surface area contributed by atoms with E-state index < -0.39 is 5.97 Å². The average molecular weight is 293 g/mol. The lowest BCUT2D eigenvalue weighted by atomic mass is 10.1. The molecule has 1 aliphatic rings. The summed E-state index contributed by atoms with van der Waals surface area (Å²) >= 11 is 6.04. The molecule has 0 saturated carbocycles. The smallest absolute Gasteiger partial charge is 0.356 e. The SMILES string of the molecule is Cc1ccc(Cl)cc1-n1nc(C(=O)O)c2c1CCOC2. The van der Waals surface area contributed by atoms with E-state index in [1.807, 2.05) is 13.0 Å². The Morgan fingerprint density at radius 1 is 1.50 bits per heavy atom. The predicted octanol–water partition coefficient (Wildman–Crippen LogP) is 2.61. The Morgan fingerprint density at radius 3 is 3.05 bits per heavy atom. The summed E-state index contributed by atoms with van der Waals surface area (Å²) in [4.78, 5) is 11.3. The van der Waals surface area contributed by atoms with Crippen LogP contribution in [0.15, 0.2) is 18.2 Å². The molecule has 0 atom stereocenters. The second kappa shape index (κ2) is 4.92. The standard InChI is InChI=1S/C14H13ClN2O3/c1-8-2-3-9(15)6-12(8)17-11-4-5-20-7-10(11)13(16-17)14(18)19/h2-3,6H,4-5,7H2,1H3,(H,18,19). The van der Waals surface area contributed by atoms with Gasteiger partial charge in [-0.1, -0.05) is 17.7 Å². The number of rotatable bonds is 2. The molecule has 0 saturated heterocycles. The number of carbonyl (C=O) groups is 1. The molecular formula is C14H13ClN2O3. The first-order valence-electron chi connectivity index (χ1n) is 6.26. The number of carboxylic acids is 1. The second-order valence-corrected chi connectivity index (χ2v) is 5.16. The van der Waals surface area contributed by atoms with Crippen molar-refractivity contribution in [2.24, 2.45) is 0 Å². The van der Waals surface area contributed by atoms with Crippen LogP contribution in [0.3, 0.4) is 0 Å². The Morgan fingerprint density at radius 2 is 2.30 bits per heavy atom. The monoisotopic (exact) mass is 292 g/mol. The van der Waals surface area contributed by atoms with Crippen LogP contribution >= 0.6 is 11.6 Å². The molecular weight excluding hydrogens is 280 g/mol. The number of aromatic nitrogens is 2. The molecule has 0 unspecified atom stereocenters. The third-order valence-corrected chi connectivity index (χ3v) is 3.66. The summed E-state index contributed by atoms with van der Waals surface area (Å²) in [5.41, 5.74) is 3.40. The third kappa shape index (κ3) is 2.09. The summed E-state index contributed by atoms with van der Waals surface area (Å²) in [7, 11) is 0. The molecule has 3 rings (SSSR count). The highest BCUT2D eigenvalue weighted by atomic mass is 35.5. The molecule has 1 N–H and O–H groups in total. The number of hydrogen-bond acceptors (Lipinski definition) is 3. The largest absolute Gasteiger partial charge is 0.476 e. The third-order valence-electron chi connectivity index (χ3n) is 3.42. The van der Waals surface area contributed by atoms with Gasteiger partial charge in [0.2, 0.25) is 0 Å². The lowest BCUT2D eigenvalue weighted by Crippen LogP contribution is -2.14. The summed E-state index contributed by atoms with van der Waals surface area (Å²) in [6.07, 6.45) is 0.640. The van der Waals surface area contributed by atoms with E-state index in [4.69, 9.17) is 16.3 Å². The number of hydrogen-bond donors (Lipinski definition) is 1. The fourth-order valence-corrected chi connectivity index (χ4v) is 2.58. The number of fused-ring (bicyclic) bond motifs is 1. The van der Waals surface area contributed by atoms with Crippen molar-refractivity contribution in [3.63, 3.8) is 0 Å². The van der Waals surface area contributed by atoms with Gasteiger partial charge in [0.25, 0.3) is 0 Å². The van der Waals surface area contributed by atoms with E-state index in [0.29, 0.717) is 23.6 Å². The molecule has 2 heterocycles. The molecule has 1 aromatic heterocycles. The highest BCUT2D eigenvalue weighted by Gasteiger charge is 2.26. The molecule has 0 aliphatic carbocycles. The van der Waals surface area contributed by atoms with Crippen LogP contribution in [0.25, 0.3) is 5.69 Å². The number of carboxylic acid groups (broad SMARTS) is 1. The molecule has 1 aliphatic heterocycles. The Hall–Kier alpha value is -1.85. The zero-order valence-electron chi connectivity index (χ0n) is 10.9. The first kappa shape index (κ1) is 13.1. The maximum absolute atomic E-state index is 11.3. The van der Waals surface area contributed by atoms with E-state index in [2.05, 4.69) is 5.10 Å². The molecule has 20 heavy (non-hydrogen) atoms. The normalized spacial score (nSPS) is 14.1. The zero-order valence-corrected chi connectivity index (χ0v) is 11.6. The number of aryl methyl sites for hydroxylation is 1. The predicted molar refractivity (Wildman–Crippen MR) is 73.6 cm³/mol. The van der Waals surface area contributed by atoms with Gasteiger partial charge in [0.15, 0.2) is 5.69 Å². The number of aromatic carboxylic acids is 1. The van der Waals surface area contributed by atoms with Crippen molar-refractivity contribution in [1.82, 2.24) is 9.78 Å². The first-order valence-corrected chi connectivity index (χ1v) is 6.64. The van der Waals surface area contributed by atoms with E-state index in [1.165, 1.54) is 0 Å². The van der Waals surface area contributed by atoms with E-state index in [0.717, 1.165) is 16.9 Å². The summed E-state index contributed by atoms with van der Waals surface area (Å²) in [5, 5.41) is 14.1. The van der Waals surface area contributed by atoms with Gasteiger partial charge in [0, 0.05) is 17.0 Å². The van der Waals surface area contributed by atoms with Gasteiger partial charge in [-0.2, -0.15) is 5.10 Å². The van der Waals surface area contributed by atoms with Crippen LogP contribution in [-0.2, 0) is 17.8 Å². The fourth-order valence-electron chi connectivity index (χ4n) is 2.42. The lowest BCUT2D eigenvalue weighted by molar-refractivity contribution is 0.0677. The molecule has 2 aromatic rings. The summed E-state index contributed by atoms with van der Waals surface area (Å²) in [6.45, 7) is 2.80. The maximum atomic E-state index is 11.3. The molecule has 0 radical (unpaired) electrons. The minimum Gasteiger partial charge on any atom is -0.476 e. The number of nitrogens with zero attached hydrogens (tertiary/aromatic N) is 2. The van der Waals surface area contributed by atoms with Gasteiger partial charge in [-0.15, -0.1) is 0 Å². The van der Waals surface area contributed by atoms with Gasteiger partial charge < -0.3 is 9.84 Å². The minimum absolute atomic E-state index is 0.0547. The maximum Gasteiger partial charge on any atom is 0.356 e. The lowest BCUT2D eigenvalue weighted by Gasteiger charge is -2.16. The van der Waals surface area contributed by atoms with E-state index in [-0.39, 0.29) is 12.3 Å². The fraction of sp³-hybridized carbons (Fsp3) is 0.286. The summed E-state index contributed by atoms with van der Waals surface area (Å²) < 4.78 is 7.03. The van der Waals surface area contributed by atoms with Crippen LogP contribution in [0.1, 0.15) is 27.3 Å². The Bertz CT molecular complexity index is 694. The van der Waals surface area contributed by atoms with Crippen LogP contribution in [-0.4, -0.2) is 27.5 Å².